The number of allylic oxidation sites excluding steroid dienone is 1. The van der Waals surface area contributed by atoms with Crippen molar-refractivity contribution in [2.45, 2.75) is 107 Å². The average Bonchev–Trinajstić information content (AvgIpc) is 4.12. The van der Waals surface area contributed by atoms with Crippen LogP contribution in [0.15, 0.2) is 36.9 Å². The summed E-state index contributed by atoms with van der Waals surface area (Å²) in [6.45, 7) is 8.05. The molecule has 0 unspecified atom stereocenters. The lowest BCUT2D eigenvalue weighted by molar-refractivity contribution is -0.142. The summed E-state index contributed by atoms with van der Waals surface area (Å²) in [7, 11) is -2.34. The predicted octanol–water partition coefficient (Wildman–Crippen LogP) is 4.39. The van der Waals surface area contributed by atoms with E-state index in [0.717, 1.165) is 24.8 Å². The normalized spacial score (nSPS) is 28.9. The summed E-state index contributed by atoms with van der Waals surface area (Å²) in [5.41, 5.74) is -0.240. The minimum atomic E-state index is -3.91. The maximum absolute atomic E-state index is 14.9. The fourth-order valence-corrected chi connectivity index (χ4v) is 9.69. The molecule has 1 aromatic heterocycles. The molecule has 3 aliphatic carbocycles. The van der Waals surface area contributed by atoms with Gasteiger partial charge in [0.2, 0.25) is 27.7 Å². The van der Waals surface area contributed by atoms with Crippen LogP contribution in [-0.2, 0) is 29.1 Å². The van der Waals surface area contributed by atoms with Gasteiger partial charge in [0.05, 0.1) is 37.6 Å². The van der Waals surface area contributed by atoms with Crippen LogP contribution in [0.4, 0.5) is 4.79 Å². The second-order valence-electron chi connectivity index (χ2n) is 16.0. The number of benzene rings is 1. The number of alkyl carbamates (subject to hydrolysis) is 1. The zero-order chi connectivity index (χ0) is 40.5. The Kier molecular flexibility index (Phi) is 11.7. The minimum absolute atomic E-state index is 0.0231. The van der Waals surface area contributed by atoms with Gasteiger partial charge in [-0.25, -0.2) is 18.2 Å². The third kappa shape index (κ3) is 8.70. The van der Waals surface area contributed by atoms with E-state index in [1.807, 2.05) is 32.1 Å². The molecule has 1 aromatic carbocycles. The Labute approximate surface area is 333 Å². The molecule has 0 spiro atoms. The molecule has 4 fully saturated rings. The number of nitrogens with zero attached hydrogens (tertiary/aromatic N) is 2. The summed E-state index contributed by atoms with van der Waals surface area (Å²) in [5, 5.41) is 5.73. The maximum Gasteiger partial charge on any atom is 0.407 e. The number of methoxy groups -OCH3 is 1. The molecule has 3 heterocycles. The number of cyclic esters (lactones) is 1. The molecule has 3 saturated carbocycles. The first-order chi connectivity index (χ1) is 27.3. The summed E-state index contributed by atoms with van der Waals surface area (Å²) in [4.78, 5) is 62.5. The quantitative estimate of drug-likeness (QED) is 0.289. The van der Waals surface area contributed by atoms with Crippen molar-refractivity contribution in [1.82, 2.24) is 25.2 Å². The summed E-state index contributed by atoms with van der Waals surface area (Å²) in [6.07, 6.45) is 9.88. The van der Waals surface area contributed by atoms with E-state index in [4.69, 9.17) is 23.9 Å². The van der Waals surface area contributed by atoms with E-state index >= 15 is 0 Å². The predicted molar refractivity (Wildman–Crippen MR) is 211 cm³/mol. The first kappa shape index (κ1) is 40.3. The molecule has 15 nitrogen and oxygen atoms in total. The Morgan fingerprint density at radius 2 is 1.91 bits per heavy atom. The number of hydrogen-bond donors (Lipinski definition) is 3. The van der Waals surface area contributed by atoms with E-state index in [1.54, 1.807) is 19.2 Å². The van der Waals surface area contributed by atoms with Gasteiger partial charge >= 0.3 is 6.09 Å². The molecular formula is C41H53N5O10S. The lowest BCUT2D eigenvalue weighted by atomic mass is 9.83. The Bertz CT molecular complexity index is 2050. The minimum Gasteiger partial charge on any atom is -0.496 e. The highest BCUT2D eigenvalue weighted by Crippen LogP contribution is 2.46. The number of nitrogens with one attached hydrogen (secondary N) is 3. The summed E-state index contributed by atoms with van der Waals surface area (Å²) < 4.78 is 51.7. The van der Waals surface area contributed by atoms with E-state index in [-0.39, 0.29) is 37.8 Å². The number of rotatable bonds is 10. The zero-order valence-corrected chi connectivity index (χ0v) is 33.6. The van der Waals surface area contributed by atoms with Crippen LogP contribution in [-0.4, -0.2) is 98.0 Å². The Balaban J connectivity index is 1.27. The van der Waals surface area contributed by atoms with Gasteiger partial charge in [0, 0.05) is 35.4 Å². The lowest BCUT2D eigenvalue weighted by Gasteiger charge is -2.34. The molecular weight excluding hydrogens is 755 g/mol. The van der Waals surface area contributed by atoms with Crippen molar-refractivity contribution in [2.24, 2.45) is 17.8 Å². The van der Waals surface area contributed by atoms with Gasteiger partial charge in [0.15, 0.2) is 0 Å². The number of carbonyl (C=O) groups is 4. The van der Waals surface area contributed by atoms with Gasteiger partial charge in [0.25, 0.3) is 5.91 Å². The van der Waals surface area contributed by atoms with Gasteiger partial charge in [-0.15, -0.1) is 6.58 Å². The number of hydrogen-bond acceptors (Lipinski definition) is 11. The molecule has 57 heavy (non-hydrogen) atoms. The Morgan fingerprint density at radius 3 is 2.60 bits per heavy atom. The zero-order valence-electron chi connectivity index (χ0n) is 32.8. The number of amides is 4. The summed E-state index contributed by atoms with van der Waals surface area (Å²) >= 11 is 0. The number of carbonyl (C=O) groups excluding carboxylic acids is 4. The Morgan fingerprint density at radius 1 is 1.14 bits per heavy atom. The fourth-order valence-electron chi connectivity index (χ4n) is 8.33. The van der Waals surface area contributed by atoms with E-state index in [9.17, 15) is 27.6 Å². The van der Waals surface area contributed by atoms with Crippen molar-refractivity contribution in [3.63, 3.8) is 0 Å². The van der Waals surface area contributed by atoms with Crippen molar-refractivity contribution in [3.8, 4) is 17.4 Å². The van der Waals surface area contributed by atoms with Crippen LogP contribution in [0.2, 0.25) is 0 Å². The van der Waals surface area contributed by atoms with Crippen molar-refractivity contribution in [2.75, 3.05) is 26.9 Å². The lowest BCUT2D eigenvalue weighted by Crippen LogP contribution is -2.59. The highest BCUT2D eigenvalue weighted by molar-refractivity contribution is 7.91. The molecule has 308 valence electrons. The SMILES string of the molecule is C=C[C@H]1C[C@]1(NC(=O)[C@@H]1C[C@@H]2CN1C(=O)[C@H](C1CCCCC1)NC(=O)OC[C@H](C)C/C=C/c1cc3c(cc(OCC)nc3cc1OC)O2)C(=O)NS(=O)(=O)C1CC1. The first-order valence-electron chi connectivity index (χ1n) is 20.1. The monoisotopic (exact) mass is 807 g/mol. The van der Waals surface area contributed by atoms with Crippen LogP contribution in [0, 0.1) is 17.8 Å². The van der Waals surface area contributed by atoms with E-state index in [1.165, 1.54) is 11.0 Å². The van der Waals surface area contributed by atoms with E-state index < -0.39 is 68.7 Å². The number of fused-ring (bicyclic) bond motifs is 3. The van der Waals surface area contributed by atoms with Gasteiger partial charge in [-0.3, -0.25) is 19.1 Å². The standard InChI is InChI=1S/C41H53N5O10S/c1-5-27-21-41(27,39(49)45-57(51,52)29-15-16-29)44-37(47)32-18-28-22-46(32)38(48)36(25-12-8-7-9-13-25)43-40(50)55-23-24(3)11-10-14-26-17-30-31(19-33(26)53-4)42-35(54-6-2)20-34(30)56-28/h5,10,14,17,19-20,24-25,27-29,32,36H,1,6-9,11-13,15-16,18,21-23H2,2-4H3,(H,43,50)(H,44,47)(H,45,49)/b14-10+/t24-,27+,28-,32+,36+,41-/m1/s1. The molecule has 7 rings (SSSR count). The molecule has 6 atom stereocenters. The summed E-state index contributed by atoms with van der Waals surface area (Å²) in [6, 6.07) is 3.27. The first-order valence-corrected chi connectivity index (χ1v) is 21.6. The third-order valence-corrected chi connectivity index (χ3v) is 13.6. The van der Waals surface area contributed by atoms with Crippen LogP contribution in [0.25, 0.3) is 17.0 Å². The molecule has 1 saturated heterocycles. The smallest absolute Gasteiger partial charge is 0.407 e. The fraction of sp³-hybridized carbons (Fsp3) is 0.585. The molecule has 3 N–H and O–H groups in total. The highest BCUT2D eigenvalue weighted by atomic mass is 32.2. The van der Waals surface area contributed by atoms with Gasteiger partial charge in [0.1, 0.15) is 35.2 Å². The van der Waals surface area contributed by atoms with Gasteiger partial charge in [-0.05, 0) is 63.4 Å². The largest absolute Gasteiger partial charge is 0.496 e. The second kappa shape index (κ2) is 16.5. The molecule has 4 bridgehead atoms. The van der Waals surface area contributed by atoms with Crippen LogP contribution in [0.1, 0.15) is 83.6 Å². The highest BCUT2D eigenvalue weighted by Gasteiger charge is 2.62. The van der Waals surface area contributed by atoms with Crippen molar-refractivity contribution in [3.05, 3.63) is 42.5 Å². The number of aromatic nitrogens is 1. The van der Waals surface area contributed by atoms with E-state index in [0.29, 0.717) is 67.0 Å². The van der Waals surface area contributed by atoms with Crippen molar-refractivity contribution in [1.29, 1.82) is 0 Å². The second-order valence-corrected chi connectivity index (χ2v) is 18.0. The maximum atomic E-state index is 14.9. The van der Waals surface area contributed by atoms with E-state index in [2.05, 4.69) is 21.9 Å². The molecule has 0 radical (unpaired) electrons. The molecule has 16 heteroatoms. The van der Waals surface area contributed by atoms with Crippen LogP contribution >= 0.6 is 0 Å². The topological polar surface area (TPSA) is 192 Å². The Hall–Kier alpha value is -4.86. The van der Waals surface area contributed by atoms with Gasteiger partial charge in [-0.2, -0.15) is 0 Å². The van der Waals surface area contributed by atoms with Crippen molar-refractivity contribution >= 4 is 50.8 Å². The number of sulfonamides is 1. The van der Waals surface area contributed by atoms with Crippen LogP contribution in [0.3, 0.4) is 0 Å². The number of pyridine rings is 1. The molecule has 4 amide bonds. The van der Waals surface area contributed by atoms with Crippen molar-refractivity contribution < 1.29 is 46.5 Å². The van der Waals surface area contributed by atoms with Crippen LogP contribution < -0.4 is 29.6 Å². The third-order valence-electron chi connectivity index (χ3n) is 11.8. The molecule has 5 aliphatic rings. The van der Waals surface area contributed by atoms with Crippen LogP contribution in [0.5, 0.6) is 17.4 Å². The van der Waals surface area contributed by atoms with Gasteiger partial charge < -0.3 is 34.5 Å². The number of ether oxygens (including phenoxy) is 4. The summed E-state index contributed by atoms with van der Waals surface area (Å²) in [5.74, 6) is -1.39. The molecule has 2 aromatic rings. The van der Waals surface area contributed by atoms with Gasteiger partial charge in [-0.1, -0.05) is 44.4 Å². The molecule has 2 aliphatic heterocycles. The average molecular weight is 808 g/mol.